The van der Waals surface area contributed by atoms with Crippen LogP contribution in [0.3, 0.4) is 0 Å². The van der Waals surface area contributed by atoms with E-state index in [1.807, 2.05) is 11.3 Å². The summed E-state index contributed by atoms with van der Waals surface area (Å²) in [5, 5.41) is 6.13. The van der Waals surface area contributed by atoms with Crippen LogP contribution < -0.4 is 5.32 Å². The van der Waals surface area contributed by atoms with E-state index in [2.05, 4.69) is 60.1 Å². The van der Waals surface area contributed by atoms with E-state index in [0.717, 1.165) is 12.3 Å². The molecule has 1 aliphatic carbocycles. The van der Waals surface area contributed by atoms with Gasteiger partial charge in [-0.3, -0.25) is 0 Å². The third-order valence-corrected chi connectivity index (χ3v) is 5.53. The Bertz CT molecular complexity index is 514. The fourth-order valence-corrected chi connectivity index (χ4v) is 4.42. The van der Waals surface area contributed by atoms with Crippen LogP contribution in [0, 0.1) is 5.92 Å². The van der Waals surface area contributed by atoms with E-state index in [1.54, 1.807) is 0 Å². The molecule has 21 heavy (non-hydrogen) atoms. The van der Waals surface area contributed by atoms with Crippen LogP contribution in [0.25, 0.3) is 0 Å². The second kappa shape index (κ2) is 7.24. The van der Waals surface area contributed by atoms with Crippen molar-refractivity contribution in [3.63, 3.8) is 0 Å². The molecule has 112 valence electrons. The van der Waals surface area contributed by atoms with Crippen LogP contribution in [-0.4, -0.2) is 6.04 Å². The van der Waals surface area contributed by atoms with Crippen molar-refractivity contribution in [3.05, 3.63) is 58.3 Å². The van der Waals surface area contributed by atoms with E-state index >= 15 is 0 Å². The quantitative estimate of drug-likeness (QED) is 0.773. The highest BCUT2D eigenvalue weighted by Crippen LogP contribution is 2.37. The molecule has 1 fully saturated rings. The Kier molecular flexibility index (Phi) is 5.10. The molecule has 0 bridgehead atoms. The van der Waals surface area contributed by atoms with Crippen LogP contribution in [-0.2, 0) is 6.42 Å². The number of thiophene rings is 1. The number of nitrogens with one attached hydrogen (secondary N) is 1. The molecule has 1 heterocycles. The maximum absolute atomic E-state index is 3.92. The van der Waals surface area contributed by atoms with Gasteiger partial charge in [-0.05, 0) is 49.1 Å². The predicted molar refractivity (Wildman–Crippen MR) is 91.8 cm³/mol. The lowest BCUT2D eigenvalue weighted by molar-refractivity contribution is 0.339. The van der Waals surface area contributed by atoms with Gasteiger partial charge >= 0.3 is 0 Å². The van der Waals surface area contributed by atoms with Crippen molar-refractivity contribution in [1.29, 1.82) is 0 Å². The van der Waals surface area contributed by atoms with Crippen LogP contribution in [0.2, 0.25) is 0 Å². The first kappa shape index (κ1) is 14.8. The first-order valence-corrected chi connectivity index (χ1v) is 9.04. The van der Waals surface area contributed by atoms with E-state index < -0.39 is 0 Å². The van der Waals surface area contributed by atoms with Crippen molar-refractivity contribution in [2.75, 3.05) is 0 Å². The highest BCUT2D eigenvalue weighted by atomic mass is 32.1. The Labute approximate surface area is 132 Å². The Hall–Kier alpha value is -1.12. The molecule has 0 spiro atoms. The third kappa shape index (κ3) is 3.96. The SMILES string of the molecule is CC(Cc1ccccc1)NC(c1cccs1)C1CCCC1. The first-order chi connectivity index (χ1) is 10.3. The zero-order chi connectivity index (χ0) is 14.5. The van der Waals surface area contributed by atoms with E-state index in [4.69, 9.17) is 0 Å². The Morgan fingerprint density at radius 2 is 1.86 bits per heavy atom. The average Bonchev–Trinajstić information content (AvgIpc) is 3.19. The number of rotatable bonds is 6. The topological polar surface area (TPSA) is 12.0 Å². The summed E-state index contributed by atoms with van der Waals surface area (Å²) in [4.78, 5) is 1.52. The summed E-state index contributed by atoms with van der Waals surface area (Å²) in [5.74, 6) is 0.821. The van der Waals surface area contributed by atoms with Crippen LogP contribution in [0.1, 0.15) is 49.1 Å². The van der Waals surface area contributed by atoms with Gasteiger partial charge < -0.3 is 5.32 Å². The summed E-state index contributed by atoms with van der Waals surface area (Å²) in [6.45, 7) is 2.32. The minimum atomic E-state index is 0.514. The second-order valence-electron chi connectivity index (χ2n) is 6.30. The largest absolute Gasteiger partial charge is 0.306 e. The molecular weight excluding hydrogens is 274 g/mol. The fourth-order valence-electron chi connectivity index (χ4n) is 3.54. The fraction of sp³-hybridized carbons (Fsp3) is 0.474. The van der Waals surface area contributed by atoms with Crippen molar-refractivity contribution >= 4 is 11.3 Å². The van der Waals surface area contributed by atoms with Crippen molar-refractivity contribution in [3.8, 4) is 0 Å². The predicted octanol–water partition coefficient (Wildman–Crippen LogP) is 5.20. The van der Waals surface area contributed by atoms with Crippen molar-refractivity contribution in [2.24, 2.45) is 5.92 Å². The summed E-state index contributed by atoms with van der Waals surface area (Å²) in [6.07, 6.45) is 6.68. The maximum atomic E-state index is 3.92. The molecule has 0 amide bonds. The highest BCUT2D eigenvalue weighted by molar-refractivity contribution is 7.10. The number of benzene rings is 1. The van der Waals surface area contributed by atoms with Gasteiger partial charge in [-0.15, -0.1) is 11.3 Å². The lowest BCUT2D eigenvalue weighted by Crippen LogP contribution is -2.35. The van der Waals surface area contributed by atoms with Gasteiger partial charge in [0.25, 0.3) is 0 Å². The van der Waals surface area contributed by atoms with Crippen LogP contribution in [0.15, 0.2) is 47.8 Å². The highest BCUT2D eigenvalue weighted by Gasteiger charge is 2.27. The molecule has 2 heteroatoms. The van der Waals surface area contributed by atoms with Gasteiger partial charge in [0.1, 0.15) is 0 Å². The molecule has 0 aliphatic heterocycles. The smallest absolute Gasteiger partial charge is 0.0445 e. The lowest BCUT2D eigenvalue weighted by Gasteiger charge is -2.27. The van der Waals surface area contributed by atoms with Gasteiger partial charge in [-0.25, -0.2) is 0 Å². The molecule has 1 aliphatic rings. The summed E-state index contributed by atoms with van der Waals surface area (Å²) >= 11 is 1.90. The van der Waals surface area contributed by atoms with Crippen molar-refractivity contribution in [1.82, 2.24) is 5.32 Å². The molecule has 2 unspecified atom stereocenters. The molecule has 2 atom stereocenters. The van der Waals surface area contributed by atoms with E-state index in [0.29, 0.717) is 12.1 Å². The monoisotopic (exact) mass is 299 g/mol. The molecule has 0 radical (unpaired) electrons. The normalized spacial score (nSPS) is 18.7. The van der Waals surface area contributed by atoms with E-state index in [-0.39, 0.29) is 0 Å². The lowest BCUT2D eigenvalue weighted by atomic mass is 9.95. The summed E-state index contributed by atoms with van der Waals surface area (Å²) in [5.41, 5.74) is 1.42. The zero-order valence-electron chi connectivity index (χ0n) is 12.8. The molecule has 2 aromatic rings. The van der Waals surface area contributed by atoms with Gasteiger partial charge in [0.05, 0.1) is 0 Å². The second-order valence-corrected chi connectivity index (χ2v) is 7.27. The van der Waals surface area contributed by atoms with Crippen LogP contribution >= 0.6 is 11.3 Å². The average molecular weight is 299 g/mol. The third-order valence-electron chi connectivity index (χ3n) is 4.57. The van der Waals surface area contributed by atoms with Crippen molar-refractivity contribution < 1.29 is 0 Å². The number of hydrogen-bond donors (Lipinski definition) is 1. The molecule has 1 N–H and O–H groups in total. The molecule has 1 saturated carbocycles. The molecule has 1 aromatic heterocycles. The molecular formula is C19H25NS. The molecule has 1 nitrogen and oxygen atoms in total. The Morgan fingerprint density at radius 1 is 1.10 bits per heavy atom. The van der Waals surface area contributed by atoms with E-state index in [1.165, 1.54) is 36.1 Å². The van der Waals surface area contributed by atoms with E-state index in [9.17, 15) is 0 Å². The Morgan fingerprint density at radius 3 is 2.52 bits per heavy atom. The van der Waals surface area contributed by atoms with Gasteiger partial charge in [-0.1, -0.05) is 49.2 Å². The van der Waals surface area contributed by atoms with Gasteiger partial charge in [0.15, 0.2) is 0 Å². The van der Waals surface area contributed by atoms with Gasteiger partial charge in [0.2, 0.25) is 0 Å². The molecule has 0 saturated heterocycles. The summed E-state index contributed by atoms with van der Waals surface area (Å²) in [7, 11) is 0. The first-order valence-electron chi connectivity index (χ1n) is 8.16. The van der Waals surface area contributed by atoms with Crippen LogP contribution in [0.4, 0.5) is 0 Å². The summed E-state index contributed by atoms with van der Waals surface area (Å²) < 4.78 is 0. The minimum Gasteiger partial charge on any atom is -0.306 e. The maximum Gasteiger partial charge on any atom is 0.0445 e. The zero-order valence-corrected chi connectivity index (χ0v) is 13.6. The minimum absolute atomic E-state index is 0.514. The van der Waals surface area contributed by atoms with Crippen molar-refractivity contribution in [2.45, 2.75) is 51.1 Å². The van der Waals surface area contributed by atoms with Gasteiger partial charge in [0, 0.05) is 17.0 Å². The molecule has 3 rings (SSSR count). The summed E-state index contributed by atoms with van der Waals surface area (Å²) in [6, 6.07) is 16.4. The molecule has 1 aromatic carbocycles. The van der Waals surface area contributed by atoms with Crippen LogP contribution in [0.5, 0.6) is 0 Å². The number of hydrogen-bond acceptors (Lipinski definition) is 2. The van der Waals surface area contributed by atoms with Gasteiger partial charge in [-0.2, -0.15) is 0 Å². The standard InChI is InChI=1S/C19H25NS/c1-15(14-16-8-3-2-4-9-16)20-19(17-10-5-6-11-17)18-12-7-13-21-18/h2-4,7-9,12-13,15,17,19-20H,5-6,10-11,14H2,1H3. The Balaban J connectivity index is 1.66.